The predicted molar refractivity (Wildman–Crippen MR) is 230 cm³/mol. The van der Waals surface area contributed by atoms with Crippen LogP contribution in [0, 0.1) is 0 Å². The van der Waals surface area contributed by atoms with Gasteiger partial charge in [-0.15, -0.1) is 0 Å². The summed E-state index contributed by atoms with van der Waals surface area (Å²) in [5, 5.41) is 6.36. The van der Waals surface area contributed by atoms with Gasteiger partial charge in [0, 0.05) is 38.1 Å². The Hall–Kier alpha value is -7.83. The molecule has 6 heteroatoms. The van der Waals surface area contributed by atoms with E-state index in [2.05, 4.69) is 120 Å². The van der Waals surface area contributed by atoms with Gasteiger partial charge >= 0.3 is 0 Å². The van der Waals surface area contributed by atoms with Crippen molar-refractivity contribution in [3.63, 3.8) is 0 Å². The van der Waals surface area contributed by atoms with Gasteiger partial charge in [0.15, 0.2) is 11.6 Å². The van der Waals surface area contributed by atoms with Gasteiger partial charge in [0.25, 0.3) is 0 Å². The van der Waals surface area contributed by atoms with E-state index in [0.29, 0.717) is 17.6 Å². The third-order valence-corrected chi connectivity index (χ3v) is 11.1. The average Bonchev–Trinajstić information content (AvgIpc) is 3.96. The second-order valence-electron chi connectivity index (χ2n) is 14.4. The van der Waals surface area contributed by atoms with Crippen LogP contribution in [-0.4, -0.2) is 19.5 Å². The lowest BCUT2D eigenvalue weighted by molar-refractivity contribution is 0.668. The van der Waals surface area contributed by atoms with Crippen molar-refractivity contribution in [2.45, 2.75) is 0 Å². The fraction of sp³-hybridized carbons (Fsp3) is 0. The number of nitrogens with zero attached hydrogens (tertiary/aromatic N) is 4. The standard InChI is InChI=1S/C51H30N4O2/c1-4-13-31(14-5-1)34-24-27-41-40(29-34)37-26-28-44-47(38-19-10-11-21-42(38)56-44)48(37)55(41)51-53-49(33-17-8-3-9-18-33)52-50(54-51)35-23-25-39-45(30-35)57-43-22-12-20-36(46(39)43)32-15-6-2-7-16-32/h1-30H. The van der Waals surface area contributed by atoms with Gasteiger partial charge in [0.1, 0.15) is 22.3 Å². The van der Waals surface area contributed by atoms with E-state index in [1.165, 1.54) is 0 Å². The molecular formula is C51H30N4O2. The summed E-state index contributed by atoms with van der Waals surface area (Å²) in [4.78, 5) is 15.7. The molecule has 0 unspecified atom stereocenters. The zero-order chi connectivity index (χ0) is 37.5. The molecule has 57 heavy (non-hydrogen) atoms. The van der Waals surface area contributed by atoms with Gasteiger partial charge in [0.2, 0.25) is 5.95 Å². The van der Waals surface area contributed by atoms with Crippen LogP contribution in [0.5, 0.6) is 0 Å². The van der Waals surface area contributed by atoms with Crippen LogP contribution in [-0.2, 0) is 0 Å². The quantitative estimate of drug-likeness (QED) is 0.176. The Morgan fingerprint density at radius 1 is 0.351 bits per heavy atom. The maximum atomic E-state index is 6.55. The monoisotopic (exact) mass is 730 g/mol. The summed E-state index contributed by atoms with van der Waals surface area (Å²) in [6.45, 7) is 0. The van der Waals surface area contributed by atoms with E-state index >= 15 is 0 Å². The highest BCUT2D eigenvalue weighted by atomic mass is 16.3. The van der Waals surface area contributed by atoms with Crippen molar-refractivity contribution in [2.75, 3.05) is 0 Å². The van der Waals surface area contributed by atoms with E-state index in [0.717, 1.165) is 99.1 Å². The van der Waals surface area contributed by atoms with Crippen LogP contribution in [0.2, 0.25) is 0 Å². The summed E-state index contributed by atoms with van der Waals surface area (Å²) in [5.74, 6) is 1.64. The smallest absolute Gasteiger partial charge is 0.238 e. The van der Waals surface area contributed by atoms with Gasteiger partial charge in [-0.3, -0.25) is 4.57 Å². The lowest BCUT2D eigenvalue weighted by atomic mass is 9.99. The highest BCUT2D eigenvalue weighted by Crippen LogP contribution is 2.42. The summed E-state index contributed by atoms with van der Waals surface area (Å²) in [6, 6.07) is 62.6. The van der Waals surface area contributed by atoms with E-state index in [9.17, 15) is 0 Å². The Labute approximate surface area is 325 Å². The molecule has 0 spiro atoms. The minimum atomic E-state index is 0.514. The molecule has 8 aromatic carbocycles. The van der Waals surface area contributed by atoms with Crippen LogP contribution >= 0.6 is 0 Å². The van der Waals surface area contributed by atoms with Crippen molar-refractivity contribution >= 4 is 65.7 Å². The summed E-state index contributed by atoms with van der Waals surface area (Å²) >= 11 is 0. The Kier molecular flexibility index (Phi) is 6.83. The van der Waals surface area contributed by atoms with Crippen LogP contribution in [0.4, 0.5) is 0 Å². The van der Waals surface area contributed by atoms with Gasteiger partial charge in [-0.2, -0.15) is 9.97 Å². The number of aromatic nitrogens is 4. The molecule has 0 fully saturated rings. The van der Waals surface area contributed by atoms with Crippen molar-refractivity contribution in [2.24, 2.45) is 0 Å². The van der Waals surface area contributed by atoms with Crippen LogP contribution < -0.4 is 0 Å². The molecule has 0 amide bonds. The molecule has 0 aliphatic heterocycles. The molecule has 0 aliphatic carbocycles. The van der Waals surface area contributed by atoms with Gasteiger partial charge in [-0.25, -0.2) is 4.98 Å². The highest BCUT2D eigenvalue weighted by Gasteiger charge is 2.23. The summed E-state index contributed by atoms with van der Waals surface area (Å²) in [7, 11) is 0. The second-order valence-corrected chi connectivity index (χ2v) is 14.4. The third-order valence-electron chi connectivity index (χ3n) is 11.1. The number of fused-ring (bicyclic) bond motifs is 10. The largest absolute Gasteiger partial charge is 0.456 e. The van der Waals surface area contributed by atoms with Crippen LogP contribution in [0.1, 0.15) is 0 Å². The molecule has 0 atom stereocenters. The number of benzene rings is 8. The Morgan fingerprint density at radius 2 is 0.965 bits per heavy atom. The predicted octanol–water partition coefficient (Wildman–Crippen LogP) is 13.4. The average molecular weight is 731 g/mol. The molecule has 0 N–H and O–H groups in total. The lowest BCUT2D eigenvalue weighted by Crippen LogP contribution is -2.06. The van der Waals surface area contributed by atoms with E-state index in [1.807, 2.05) is 66.7 Å². The molecule has 0 aliphatic rings. The molecule has 4 heterocycles. The molecule has 0 saturated heterocycles. The van der Waals surface area contributed by atoms with Crippen LogP contribution in [0.3, 0.4) is 0 Å². The summed E-state index contributed by atoms with van der Waals surface area (Å²) < 4.78 is 15.2. The highest BCUT2D eigenvalue weighted by molar-refractivity contribution is 6.24. The number of para-hydroxylation sites is 1. The van der Waals surface area contributed by atoms with Crippen LogP contribution in [0.25, 0.3) is 117 Å². The Balaban J connectivity index is 1.14. The number of hydrogen-bond donors (Lipinski definition) is 0. The minimum absolute atomic E-state index is 0.514. The second kappa shape index (κ2) is 12.3. The van der Waals surface area contributed by atoms with E-state index in [4.69, 9.17) is 23.8 Å². The first kappa shape index (κ1) is 31.5. The SMILES string of the molecule is c1ccc(-c2ccc3c(c2)c2ccc4oc5ccccc5c4c2n3-c2nc(-c3ccccc3)nc(-c3ccc4c(c3)oc3cccc(-c5ccccc5)c34)n2)cc1. The van der Waals surface area contributed by atoms with Crippen molar-refractivity contribution in [1.29, 1.82) is 0 Å². The fourth-order valence-electron chi connectivity index (χ4n) is 8.47. The number of hydrogen-bond acceptors (Lipinski definition) is 5. The van der Waals surface area contributed by atoms with Crippen molar-refractivity contribution in [1.82, 2.24) is 19.5 Å². The van der Waals surface area contributed by atoms with E-state index in [-0.39, 0.29) is 0 Å². The molecule has 0 radical (unpaired) electrons. The normalized spacial score (nSPS) is 11.9. The van der Waals surface area contributed by atoms with Gasteiger partial charge in [0.05, 0.1) is 16.4 Å². The lowest BCUT2D eigenvalue weighted by Gasteiger charge is -2.11. The molecule has 12 aromatic rings. The van der Waals surface area contributed by atoms with Gasteiger partial charge < -0.3 is 8.83 Å². The Bertz CT molecular complexity index is 3510. The van der Waals surface area contributed by atoms with Gasteiger partial charge in [-0.05, 0) is 70.8 Å². The topological polar surface area (TPSA) is 69.9 Å². The molecule has 0 saturated carbocycles. The first-order chi connectivity index (χ1) is 28.2. The van der Waals surface area contributed by atoms with E-state index < -0.39 is 0 Å². The first-order valence-corrected chi connectivity index (χ1v) is 19.0. The molecule has 266 valence electrons. The molecule has 12 rings (SSSR count). The fourth-order valence-corrected chi connectivity index (χ4v) is 8.47. The Morgan fingerprint density at radius 3 is 1.77 bits per heavy atom. The first-order valence-electron chi connectivity index (χ1n) is 19.0. The summed E-state index contributed by atoms with van der Waals surface area (Å²) in [5.41, 5.74) is 11.5. The van der Waals surface area contributed by atoms with E-state index in [1.54, 1.807) is 0 Å². The molecular weight excluding hydrogens is 701 g/mol. The van der Waals surface area contributed by atoms with Crippen molar-refractivity contribution in [3.8, 4) is 51.0 Å². The minimum Gasteiger partial charge on any atom is -0.456 e. The molecule has 6 nitrogen and oxygen atoms in total. The third kappa shape index (κ3) is 4.94. The molecule has 4 aromatic heterocycles. The zero-order valence-electron chi connectivity index (χ0n) is 30.4. The number of rotatable bonds is 5. The van der Waals surface area contributed by atoms with Crippen molar-refractivity contribution < 1.29 is 8.83 Å². The maximum Gasteiger partial charge on any atom is 0.238 e. The zero-order valence-corrected chi connectivity index (χ0v) is 30.4. The van der Waals surface area contributed by atoms with Gasteiger partial charge in [-0.1, -0.05) is 133 Å². The maximum absolute atomic E-state index is 6.55. The number of furan rings is 2. The van der Waals surface area contributed by atoms with Crippen molar-refractivity contribution in [3.05, 3.63) is 182 Å². The van der Waals surface area contributed by atoms with Crippen LogP contribution in [0.15, 0.2) is 191 Å². The molecule has 0 bridgehead atoms. The summed E-state index contributed by atoms with van der Waals surface area (Å²) in [6.07, 6.45) is 0.